The molecule has 7 nitrogen and oxygen atoms in total. The SMILES string of the molecule is Cc1cccc(-n2c(CNC(=O)c3cc(Cl)ccc3Cl)nnc2SCC(=O)Nc2ccccc2F)c1. The number of nitrogens with zero attached hydrogens (tertiary/aromatic N) is 3. The van der Waals surface area contributed by atoms with Crippen molar-refractivity contribution in [2.24, 2.45) is 0 Å². The van der Waals surface area contributed by atoms with Crippen LogP contribution in [0.25, 0.3) is 5.69 Å². The highest BCUT2D eigenvalue weighted by Crippen LogP contribution is 2.24. The number of halogens is 3. The molecule has 0 radical (unpaired) electrons. The molecule has 1 aromatic heterocycles. The number of benzene rings is 3. The fourth-order valence-electron chi connectivity index (χ4n) is 3.34. The highest BCUT2D eigenvalue weighted by molar-refractivity contribution is 7.99. The topological polar surface area (TPSA) is 88.9 Å². The molecule has 0 unspecified atom stereocenters. The number of nitrogens with one attached hydrogen (secondary N) is 2. The molecule has 11 heteroatoms. The van der Waals surface area contributed by atoms with Crippen LogP contribution in [0.2, 0.25) is 10.0 Å². The molecule has 0 spiro atoms. The van der Waals surface area contributed by atoms with E-state index in [1.807, 2.05) is 31.2 Å². The van der Waals surface area contributed by atoms with Gasteiger partial charge in [-0.25, -0.2) is 4.39 Å². The highest BCUT2D eigenvalue weighted by Gasteiger charge is 2.18. The number of hydrogen-bond acceptors (Lipinski definition) is 5. The van der Waals surface area contributed by atoms with Crippen molar-refractivity contribution in [1.29, 1.82) is 0 Å². The molecule has 0 atom stereocenters. The normalized spacial score (nSPS) is 10.8. The molecule has 184 valence electrons. The summed E-state index contributed by atoms with van der Waals surface area (Å²) in [6.07, 6.45) is 0. The number of amides is 2. The molecule has 0 fully saturated rings. The van der Waals surface area contributed by atoms with E-state index in [0.29, 0.717) is 16.0 Å². The van der Waals surface area contributed by atoms with Crippen molar-refractivity contribution in [2.45, 2.75) is 18.6 Å². The fourth-order valence-corrected chi connectivity index (χ4v) is 4.49. The van der Waals surface area contributed by atoms with Crippen LogP contribution >= 0.6 is 35.0 Å². The maximum Gasteiger partial charge on any atom is 0.253 e. The van der Waals surface area contributed by atoms with Crippen molar-refractivity contribution in [3.63, 3.8) is 0 Å². The van der Waals surface area contributed by atoms with Gasteiger partial charge in [-0.1, -0.05) is 59.2 Å². The van der Waals surface area contributed by atoms with Gasteiger partial charge in [0.25, 0.3) is 5.91 Å². The minimum atomic E-state index is -0.517. The van der Waals surface area contributed by atoms with E-state index in [-0.39, 0.29) is 28.6 Å². The summed E-state index contributed by atoms with van der Waals surface area (Å²) >= 11 is 13.3. The minimum absolute atomic E-state index is 0.0250. The molecule has 0 aliphatic rings. The molecular formula is C25H20Cl2FN5O2S. The number of rotatable bonds is 8. The predicted octanol–water partition coefficient (Wildman–Crippen LogP) is 5.68. The van der Waals surface area contributed by atoms with E-state index in [1.165, 1.54) is 18.2 Å². The Bertz CT molecular complexity index is 1430. The second-order valence-corrected chi connectivity index (χ2v) is 9.48. The van der Waals surface area contributed by atoms with Crippen LogP contribution in [0.5, 0.6) is 0 Å². The number of aryl methyl sites for hydroxylation is 1. The summed E-state index contributed by atoms with van der Waals surface area (Å²) in [6.45, 7) is 2.00. The van der Waals surface area contributed by atoms with Crippen LogP contribution in [0.15, 0.2) is 71.9 Å². The summed E-state index contributed by atoms with van der Waals surface area (Å²) < 4.78 is 15.6. The lowest BCUT2D eigenvalue weighted by atomic mass is 10.2. The fraction of sp³-hybridized carbons (Fsp3) is 0.120. The van der Waals surface area contributed by atoms with E-state index < -0.39 is 17.6 Å². The standard InChI is InChI=1S/C25H20Cl2FN5O2S/c1-15-5-4-6-17(11-15)33-22(13-29-24(35)18-12-16(26)9-10-19(18)27)31-32-25(33)36-14-23(34)30-21-8-3-2-7-20(21)28/h2-12H,13-14H2,1H3,(H,29,35)(H,30,34). The summed E-state index contributed by atoms with van der Waals surface area (Å²) in [5.74, 6) is -0.905. The average molecular weight is 544 g/mol. The third-order valence-electron chi connectivity index (χ3n) is 5.02. The molecule has 2 N–H and O–H groups in total. The van der Waals surface area contributed by atoms with Gasteiger partial charge in [0.15, 0.2) is 11.0 Å². The van der Waals surface area contributed by atoms with Gasteiger partial charge in [0.2, 0.25) is 5.91 Å². The molecule has 4 rings (SSSR count). The van der Waals surface area contributed by atoms with Crippen molar-refractivity contribution in [1.82, 2.24) is 20.1 Å². The summed E-state index contributed by atoms with van der Waals surface area (Å²) in [6, 6.07) is 18.2. The van der Waals surface area contributed by atoms with Crippen molar-refractivity contribution in [3.05, 3.63) is 99.5 Å². The lowest BCUT2D eigenvalue weighted by molar-refractivity contribution is -0.113. The monoisotopic (exact) mass is 543 g/mol. The Balaban J connectivity index is 1.53. The van der Waals surface area contributed by atoms with Crippen LogP contribution in [-0.2, 0) is 11.3 Å². The number of para-hydroxylation sites is 1. The van der Waals surface area contributed by atoms with Crippen molar-refractivity contribution >= 4 is 52.5 Å². The Morgan fingerprint density at radius 1 is 1.03 bits per heavy atom. The van der Waals surface area contributed by atoms with Crippen LogP contribution in [0.3, 0.4) is 0 Å². The molecule has 4 aromatic rings. The van der Waals surface area contributed by atoms with E-state index in [1.54, 1.807) is 28.8 Å². The first-order valence-electron chi connectivity index (χ1n) is 10.7. The number of carbonyl (C=O) groups excluding carboxylic acids is 2. The molecule has 3 aromatic carbocycles. The zero-order valence-corrected chi connectivity index (χ0v) is 21.3. The van der Waals surface area contributed by atoms with Crippen molar-refractivity contribution in [2.75, 3.05) is 11.1 Å². The molecule has 0 aliphatic carbocycles. The zero-order chi connectivity index (χ0) is 25.7. The second kappa shape index (κ2) is 11.6. The van der Waals surface area contributed by atoms with Gasteiger partial charge in [-0.2, -0.15) is 0 Å². The van der Waals surface area contributed by atoms with Crippen LogP contribution < -0.4 is 10.6 Å². The third-order valence-corrected chi connectivity index (χ3v) is 6.51. The predicted molar refractivity (Wildman–Crippen MR) is 139 cm³/mol. The third kappa shape index (κ3) is 6.23. The van der Waals surface area contributed by atoms with Crippen molar-refractivity contribution < 1.29 is 14.0 Å². The number of hydrogen-bond donors (Lipinski definition) is 2. The smallest absolute Gasteiger partial charge is 0.253 e. The molecule has 36 heavy (non-hydrogen) atoms. The Labute approximate surface area is 221 Å². The van der Waals surface area contributed by atoms with E-state index >= 15 is 0 Å². The van der Waals surface area contributed by atoms with E-state index in [0.717, 1.165) is 23.0 Å². The molecule has 0 bridgehead atoms. The summed E-state index contributed by atoms with van der Waals surface area (Å²) in [4.78, 5) is 25.2. The van der Waals surface area contributed by atoms with Crippen LogP contribution in [0, 0.1) is 12.7 Å². The number of carbonyl (C=O) groups is 2. The van der Waals surface area contributed by atoms with Crippen LogP contribution in [0.1, 0.15) is 21.7 Å². The maximum atomic E-state index is 13.9. The van der Waals surface area contributed by atoms with Crippen LogP contribution in [0.4, 0.5) is 10.1 Å². The summed E-state index contributed by atoms with van der Waals surface area (Å²) in [5, 5.41) is 14.9. The molecule has 1 heterocycles. The molecule has 2 amide bonds. The summed E-state index contributed by atoms with van der Waals surface area (Å²) in [5.41, 5.74) is 2.12. The number of aromatic nitrogens is 3. The second-order valence-electron chi connectivity index (χ2n) is 7.70. The first kappa shape index (κ1) is 25.7. The quantitative estimate of drug-likeness (QED) is 0.279. The van der Waals surface area contributed by atoms with Gasteiger partial charge in [0.1, 0.15) is 5.82 Å². The Hall–Kier alpha value is -3.40. The van der Waals surface area contributed by atoms with E-state index in [9.17, 15) is 14.0 Å². The minimum Gasteiger partial charge on any atom is -0.345 e. The number of thioether (sulfide) groups is 1. The van der Waals surface area contributed by atoms with Gasteiger partial charge in [0, 0.05) is 10.7 Å². The lowest BCUT2D eigenvalue weighted by Gasteiger charge is -2.12. The van der Waals surface area contributed by atoms with Crippen molar-refractivity contribution in [3.8, 4) is 5.69 Å². The van der Waals surface area contributed by atoms with Gasteiger partial charge >= 0.3 is 0 Å². The first-order valence-corrected chi connectivity index (χ1v) is 12.5. The van der Waals surface area contributed by atoms with E-state index in [4.69, 9.17) is 23.2 Å². The zero-order valence-electron chi connectivity index (χ0n) is 19.0. The summed E-state index contributed by atoms with van der Waals surface area (Å²) in [7, 11) is 0. The Morgan fingerprint density at radius 2 is 1.83 bits per heavy atom. The van der Waals surface area contributed by atoms with Gasteiger partial charge in [-0.3, -0.25) is 14.2 Å². The molecule has 0 saturated heterocycles. The van der Waals surface area contributed by atoms with Gasteiger partial charge in [-0.15, -0.1) is 10.2 Å². The Kier molecular flexibility index (Phi) is 8.25. The van der Waals surface area contributed by atoms with Gasteiger partial charge in [0.05, 0.1) is 28.6 Å². The molecular weight excluding hydrogens is 524 g/mol. The van der Waals surface area contributed by atoms with Crippen LogP contribution in [-0.4, -0.2) is 32.3 Å². The average Bonchev–Trinajstić information content (AvgIpc) is 3.27. The highest BCUT2D eigenvalue weighted by atomic mass is 35.5. The lowest BCUT2D eigenvalue weighted by Crippen LogP contribution is -2.25. The van der Waals surface area contributed by atoms with E-state index in [2.05, 4.69) is 20.8 Å². The maximum absolute atomic E-state index is 13.9. The number of anilines is 1. The van der Waals surface area contributed by atoms with Gasteiger partial charge < -0.3 is 10.6 Å². The first-order chi connectivity index (χ1) is 17.3. The largest absolute Gasteiger partial charge is 0.345 e. The molecule has 0 aliphatic heterocycles. The Morgan fingerprint density at radius 3 is 2.61 bits per heavy atom. The molecule has 0 saturated carbocycles. The van der Waals surface area contributed by atoms with Gasteiger partial charge in [-0.05, 0) is 55.0 Å².